The molecule has 7 heteroatoms. The summed E-state index contributed by atoms with van der Waals surface area (Å²) in [5.74, 6) is 0.480. The smallest absolute Gasteiger partial charge is 0.246 e. The molecule has 18 heavy (non-hydrogen) atoms. The fraction of sp³-hybridized carbons (Fsp3) is 0.727. The zero-order valence-corrected chi connectivity index (χ0v) is 10.6. The molecule has 0 bridgehead atoms. The molecule has 1 fully saturated rings. The van der Waals surface area contributed by atoms with Crippen molar-refractivity contribution in [2.45, 2.75) is 25.5 Å². The molecule has 1 aromatic rings. The number of hydrogen-bond donors (Lipinski definition) is 2. The van der Waals surface area contributed by atoms with Crippen molar-refractivity contribution in [2.75, 3.05) is 19.7 Å². The molecule has 0 spiro atoms. The molecule has 1 aliphatic rings. The monoisotopic (exact) mass is 253 g/mol. The lowest BCUT2D eigenvalue weighted by Crippen LogP contribution is -2.35. The Morgan fingerprint density at radius 3 is 3.06 bits per heavy atom. The van der Waals surface area contributed by atoms with E-state index in [1.165, 1.54) is 0 Å². The van der Waals surface area contributed by atoms with Crippen LogP contribution in [0.4, 0.5) is 0 Å². The van der Waals surface area contributed by atoms with Gasteiger partial charge in [0.15, 0.2) is 5.82 Å². The molecule has 1 aliphatic heterocycles. The van der Waals surface area contributed by atoms with Gasteiger partial charge in [0, 0.05) is 7.05 Å². The van der Waals surface area contributed by atoms with E-state index in [0.717, 1.165) is 25.9 Å². The first-order chi connectivity index (χ1) is 8.74. The van der Waals surface area contributed by atoms with Crippen molar-refractivity contribution in [3.8, 4) is 0 Å². The third kappa shape index (κ3) is 4.08. The minimum atomic E-state index is -0.124. The second-order valence-electron chi connectivity index (χ2n) is 4.37. The predicted octanol–water partition coefficient (Wildman–Crippen LogP) is -0.800. The van der Waals surface area contributed by atoms with Crippen molar-refractivity contribution in [3.63, 3.8) is 0 Å². The minimum absolute atomic E-state index is 0.109. The molecule has 2 rings (SSSR count). The molecule has 0 atom stereocenters. The van der Waals surface area contributed by atoms with Crippen LogP contribution in [-0.2, 0) is 23.1 Å². The highest BCUT2D eigenvalue weighted by molar-refractivity contribution is 5.77. The highest BCUT2D eigenvalue weighted by atomic mass is 16.5. The van der Waals surface area contributed by atoms with Crippen LogP contribution in [-0.4, -0.2) is 46.5 Å². The Morgan fingerprint density at radius 2 is 2.39 bits per heavy atom. The van der Waals surface area contributed by atoms with Crippen LogP contribution in [0.2, 0.25) is 0 Å². The minimum Gasteiger partial charge on any atom is -0.368 e. The number of carbonyl (C=O) groups is 1. The number of rotatable bonds is 5. The van der Waals surface area contributed by atoms with Crippen LogP contribution in [0.3, 0.4) is 0 Å². The van der Waals surface area contributed by atoms with Crippen molar-refractivity contribution >= 4 is 5.91 Å². The predicted molar refractivity (Wildman–Crippen MR) is 64.7 cm³/mol. The zero-order chi connectivity index (χ0) is 12.8. The van der Waals surface area contributed by atoms with Crippen LogP contribution in [0, 0.1) is 0 Å². The number of amides is 1. The van der Waals surface area contributed by atoms with E-state index < -0.39 is 0 Å². The van der Waals surface area contributed by atoms with Crippen molar-refractivity contribution < 1.29 is 9.53 Å². The highest BCUT2D eigenvalue weighted by Crippen LogP contribution is 2.06. The van der Waals surface area contributed by atoms with Crippen LogP contribution < -0.4 is 10.6 Å². The van der Waals surface area contributed by atoms with Crippen molar-refractivity contribution in [1.29, 1.82) is 0 Å². The average Bonchev–Trinajstić information content (AvgIpc) is 2.81. The summed E-state index contributed by atoms with van der Waals surface area (Å²) < 4.78 is 7.14. The molecule has 1 amide bonds. The number of carbonyl (C=O) groups excluding carboxylic acids is 1. The molecule has 0 aliphatic carbocycles. The summed E-state index contributed by atoms with van der Waals surface area (Å²) in [6.07, 6.45) is 3.74. The van der Waals surface area contributed by atoms with Gasteiger partial charge in [0.1, 0.15) is 12.9 Å². The van der Waals surface area contributed by atoms with Gasteiger partial charge in [-0.1, -0.05) is 0 Å². The molecule has 0 radical (unpaired) electrons. The fourth-order valence-corrected chi connectivity index (χ4v) is 1.85. The number of aryl methyl sites for hydroxylation is 1. The third-order valence-corrected chi connectivity index (χ3v) is 2.83. The molecule has 2 heterocycles. The first-order valence-corrected chi connectivity index (χ1v) is 6.17. The average molecular weight is 253 g/mol. The normalized spacial score (nSPS) is 16.7. The number of ether oxygens (including phenoxy) is 1. The highest BCUT2D eigenvalue weighted by Gasteiger charge is 2.14. The molecule has 1 saturated heterocycles. The van der Waals surface area contributed by atoms with Crippen molar-refractivity contribution in [3.05, 3.63) is 12.2 Å². The van der Waals surface area contributed by atoms with Crippen LogP contribution >= 0.6 is 0 Å². The Labute approximate surface area is 106 Å². The number of aromatic nitrogens is 3. The summed E-state index contributed by atoms with van der Waals surface area (Å²) in [6, 6.07) is 0. The lowest BCUT2D eigenvalue weighted by molar-refractivity contribution is -0.128. The summed E-state index contributed by atoms with van der Waals surface area (Å²) in [7, 11) is 1.79. The van der Waals surface area contributed by atoms with E-state index in [1.807, 2.05) is 0 Å². The number of nitrogens with one attached hydrogen (secondary N) is 2. The fourth-order valence-electron chi connectivity index (χ4n) is 1.85. The summed E-state index contributed by atoms with van der Waals surface area (Å²) in [5, 5.41) is 10.1. The molecule has 0 unspecified atom stereocenters. The molecule has 2 N–H and O–H groups in total. The second kappa shape index (κ2) is 6.46. The van der Waals surface area contributed by atoms with Gasteiger partial charge in [-0.15, -0.1) is 0 Å². The Kier molecular flexibility index (Phi) is 4.66. The van der Waals surface area contributed by atoms with E-state index in [2.05, 4.69) is 20.7 Å². The van der Waals surface area contributed by atoms with Gasteiger partial charge in [-0.05, 0) is 25.9 Å². The van der Waals surface area contributed by atoms with Gasteiger partial charge in [-0.3, -0.25) is 9.48 Å². The van der Waals surface area contributed by atoms with Gasteiger partial charge in [0.25, 0.3) is 0 Å². The molecule has 1 aromatic heterocycles. The number of nitrogens with zero attached hydrogens (tertiary/aromatic N) is 3. The Morgan fingerprint density at radius 1 is 1.61 bits per heavy atom. The first-order valence-electron chi connectivity index (χ1n) is 6.17. The molecular formula is C11H19N5O2. The Balaban J connectivity index is 1.62. The largest absolute Gasteiger partial charge is 0.368 e. The van der Waals surface area contributed by atoms with E-state index in [9.17, 15) is 4.79 Å². The van der Waals surface area contributed by atoms with E-state index >= 15 is 0 Å². The maximum Gasteiger partial charge on any atom is 0.246 e. The van der Waals surface area contributed by atoms with Gasteiger partial charge < -0.3 is 15.4 Å². The van der Waals surface area contributed by atoms with Crippen LogP contribution in [0.5, 0.6) is 0 Å². The summed E-state index contributed by atoms with van der Waals surface area (Å²) in [5.41, 5.74) is 0. The van der Waals surface area contributed by atoms with E-state index in [4.69, 9.17) is 4.74 Å². The van der Waals surface area contributed by atoms with Gasteiger partial charge in [-0.2, -0.15) is 5.10 Å². The lowest BCUT2D eigenvalue weighted by atomic mass is 10.1. The molecule has 0 aromatic carbocycles. The van der Waals surface area contributed by atoms with Crippen LogP contribution in [0.1, 0.15) is 18.7 Å². The lowest BCUT2D eigenvalue weighted by Gasteiger charge is -2.22. The molecule has 0 saturated carbocycles. The number of piperidine rings is 1. The number of hydrogen-bond acceptors (Lipinski definition) is 5. The molecule has 7 nitrogen and oxygen atoms in total. The van der Waals surface area contributed by atoms with Crippen LogP contribution in [0.15, 0.2) is 6.33 Å². The molecular weight excluding hydrogens is 234 g/mol. The van der Waals surface area contributed by atoms with Crippen LogP contribution in [0.25, 0.3) is 0 Å². The Hall–Kier alpha value is -1.47. The van der Waals surface area contributed by atoms with Gasteiger partial charge in [0.2, 0.25) is 5.91 Å². The van der Waals surface area contributed by atoms with E-state index in [-0.39, 0.29) is 18.6 Å². The maximum atomic E-state index is 11.6. The summed E-state index contributed by atoms with van der Waals surface area (Å²) >= 11 is 0. The van der Waals surface area contributed by atoms with Gasteiger partial charge in [0.05, 0.1) is 12.6 Å². The summed E-state index contributed by atoms with van der Waals surface area (Å²) in [4.78, 5) is 15.6. The second-order valence-corrected chi connectivity index (χ2v) is 4.37. The van der Waals surface area contributed by atoms with Gasteiger partial charge in [-0.25, -0.2) is 4.98 Å². The zero-order valence-electron chi connectivity index (χ0n) is 10.6. The quantitative estimate of drug-likeness (QED) is 0.718. The van der Waals surface area contributed by atoms with Gasteiger partial charge >= 0.3 is 0 Å². The van der Waals surface area contributed by atoms with E-state index in [1.54, 1.807) is 18.1 Å². The third-order valence-electron chi connectivity index (χ3n) is 2.83. The van der Waals surface area contributed by atoms with E-state index in [0.29, 0.717) is 12.4 Å². The van der Waals surface area contributed by atoms with Crippen molar-refractivity contribution in [2.24, 2.45) is 7.05 Å². The molecule has 100 valence electrons. The summed E-state index contributed by atoms with van der Waals surface area (Å²) in [6.45, 7) is 2.38. The topological polar surface area (TPSA) is 81.1 Å². The Bertz CT molecular complexity index is 387. The SMILES string of the molecule is Cn1cnc(CNC(=O)COC2CCNCC2)n1. The van der Waals surface area contributed by atoms with Crippen molar-refractivity contribution in [1.82, 2.24) is 25.4 Å². The maximum absolute atomic E-state index is 11.6. The standard InChI is InChI=1S/C11H19N5O2/c1-16-8-14-10(15-16)6-13-11(17)7-18-9-2-4-12-5-3-9/h8-9,12H,2-7H2,1H3,(H,13,17). The first kappa shape index (κ1) is 13.0.